The van der Waals surface area contributed by atoms with Crippen LogP contribution in [0, 0.1) is 10.1 Å². The number of urea groups is 1. The van der Waals surface area contributed by atoms with E-state index in [-0.39, 0.29) is 11.6 Å². The van der Waals surface area contributed by atoms with Crippen molar-refractivity contribution in [3.05, 3.63) is 58.1 Å². The molecule has 0 aromatic heterocycles. The molecule has 3 N–H and O–H groups in total. The number of nitrogens with one attached hydrogen (secondary N) is 3. The number of rotatable bonds is 10. The van der Waals surface area contributed by atoms with Gasteiger partial charge in [0.25, 0.3) is 11.6 Å². The fourth-order valence-corrected chi connectivity index (χ4v) is 2.76. The Hall–Kier alpha value is -3.66. The molecule has 0 bridgehead atoms. The van der Waals surface area contributed by atoms with Crippen molar-refractivity contribution in [2.75, 3.05) is 49.4 Å². The molecule has 0 radical (unpaired) electrons. The monoisotopic (exact) mass is 429 g/mol. The van der Waals surface area contributed by atoms with Crippen LogP contribution in [0.15, 0.2) is 42.5 Å². The van der Waals surface area contributed by atoms with E-state index in [0.717, 1.165) is 0 Å². The number of hydrogen-bond acceptors (Lipinski definition) is 6. The van der Waals surface area contributed by atoms with E-state index < -0.39 is 11.0 Å². The Bertz CT molecular complexity index is 915. The third-order valence-electron chi connectivity index (χ3n) is 4.27. The van der Waals surface area contributed by atoms with Crippen LogP contribution < -0.4 is 20.9 Å². The van der Waals surface area contributed by atoms with E-state index in [0.29, 0.717) is 48.8 Å². The molecular weight excluding hydrogens is 402 g/mol. The topological polar surface area (TPSA) is 126 Å². The molecule has 0 heterocycles. The van der Waals surface area contributed by atoms with Crippen molar-refractivity contribution < 1.29 is 19.2 Å². The van der Waals surface area contributed by atoms with E-state index in [9.17, 15) is 19.7 Å². The second-order valence-corrected chi connectivity index (χ2v) is 6.82. The number of nitro benzene ring substituents is 1. The number of amides is 3. The van der Waals surface area contributed by atoms with Crippen LogP contribution in [0.4, 0.5) is 27.5 Å². The van der Waals surface area contributed by atoms with E-state index in [1.807, 2.05) is 25.9 Å². The molecule has 0 fully saturated rings. The van der Waals surface area contributed by atoms with Gasteiger partial charge in [-0.15, -0.1) is 0 Å². The molecule has 2 aromatic rings. The molecule has 0 aliphatic carbocycles. The second kappa shape index (κ2) is 11.5. The zero-order chi connectivity index (χ0) is 22.8. The molecule has 2 aromatic carbocycles. The lowest BCUT2D eigenvalue weighted by Crippen LogP contribution is -2.27. The smallest absolute Gasteiger partial charge is 0.323 e. The molecular formula is C21H27N5O5. The summed E-state index contributed by atoms with van der Waals surface area (Å²) in [6, 6.07) is 9.98. The molecule has 0 aliphatic rings. The van der Waals surface area contributed by atoms with Crippen molar-refractivity contribution in [2.45, 2.75) is 13.3 Å². The highest BCUT2D eigenvalue weighted by molar-refractivity contribution is 6.04. The van der Waals surface area contributed by atoms with Gasteiger partial charge in [0.15, 0.2) is 0 Å². The van der Waals surface area contributed by atoms with Crippen molar-refractivity contribution in [3.63, 3.8) is 0 Å². The number of anilines is 3. The van der Waals surface area contributed by atoms with Gasteiger partial charge in [-0.3, -0.25) is 14.9 Å². The first kappa shape index (κ1) is 23.6. The lowest BCUT2D eigenvalue weighted by Gasteiger charge is -2.18. The largest absolute Gasteiger partial charge is 0.382 e. The fraction of sp³-hybridized carbons (Fsp3) is 0.333. The van der Waals surface area contributed by atoms with Crippen LogP contribution in [0.25, 0.3) is 0 Å². The molecule has 10 nitrogen and oxygen atoms in total. The summed E-state index contributed by atoms with van der Waals surface area (Å²) >= 11 is 0. The second-order valence-electron chi connectivity index (χ2n) is 6.82. The summed E-state index contributed by atoms with van der Waals surface area (Å²) in [7, 11) is 3.66. The third kappa shape index (κ3) is 7.27. The zero-order valence-electron chi connectivity index (χ0n) is 17.8. The average molecular weight is 429 g/mol. The van der Waals surface area contributed by atoms with Gasteiger partial charge in [0.05, 0.1) is 10.5 Å². The Morgan fingerprint density at radius 3 is 2.32 bits per heavy atom. The Balaban J connectivity index is 2.05. The molecule has 10 heteroatoms. The maximum Gasteiger partial charge on any atom is 0.323 e. The van der Waals surface area contributed by atoms with Crippen molar-refractivity contribution in [1.82, 2.24) is 5.32 Å². The van der Waals surface area contributed by atoms with Gasteiger partial charge in [0, 0.05) is 63.0 Å². The first-order valence-electron chi connectivity index (χ1n) is 9.81. The molecule has 3 amide bonds. The fourth-order valence-electron chi connectivity index (χ4n) is 2.76. The first-order chi connectivity index (χ1) is 14.8. The summed E-state index contributed by atoms with van der Waals surface area (Å²) in [5, 5.41) is 18.8. The minimum atomic E-state index is -0.533. The van der Waals surface area contributed by atoms with Crippen LogP contribution in [0.3, 0.4) is 0 Å². The molecule has 0 atom stereocenters. The van der Waals surface area contributed by atoms with Crippen molar-refractivity contribution in [2.24, 2.45) is 0 Å². The van der Waals surface area contributed by atoms with E-state index in [1.165, 1.54) is 24.3 Å². The van der Waals surface area contributed by atoms with Crippen molar-refractivity contribution in [3.8, 4) is 0 Å². The van der Waals surface area contributed by atoms with Crippen LogP contribution in [-0.4, -0.2) is 50.7 Å². The summed E-state index contributed by atoms with van der Waals surface area (Å²) in [6.07, 6.45) is 0.701. The first-order valence-corrected chi connectivity index (χ1v) is 9.81. The summed E-state index contributed by atoms with van der Waals surface area (Å²) in [5.74, 6) is -0.250. The Kier molecular flexibility index (Phi) is 8.77. The quantitative estimate of drug-likeness (QED) is 0.302. The molecule has 0 saturated carbocycles. The van der Waals surface area contributed by atoms with Crippen molar-refractivity contribution >= 4 is 34.7 Å². The molecule has 0 saturated heterocycles. The van der Waals surface area contributed by atoms with Gasteiger partial charge in [-0.05, 0) is 43.7 Å². The van der Waals surface area contributed by atoms with Gasteiger partial charge >= 0.3 is 6.03 Å². The Labute approximate surface area is 180 Å². The normalized spacial score (nSPS) is 10.3. The molecule has 166 valence electrons. The number of hydrogen-bond donors (Lipinski definition) is 3. The maximum atomic E-state index is 12.7. The van der Waals surface area contributed by atoms with Gasteiger partial charge < -0.3 is 25.6 Å². The van der Waals surface area contributed by atoms with Gasteiger partial charge in [-0.25, -0.2) is 4.79 Å². The number of non-ortho nitro benzene ring substituents is 1. The Morgan fingerprint density at radius 1 is 1.06 bits per heavy atom. The highest BCUT2D eigenvalue weighted by Gasteiger charge is 2.15. The predicted molar refractivity (Wildman–Crippen MR) is 120 cm³/mol. The number of nitrogens with zero attached hydrogens (tertiary/aromatic N) is 2. The molecule has 2 rings (SSSR count). The predicted octanol–water partition coefficient (Wildman–Crippen LogP) is 3.46. The van der Waals surface area contributed by atoms with E-state index >= 15 is 0 Å². The lowest BCUT2D eigenvalue weighted by molar-refractivity contribution is -0.384. The standard InChI is InChI=1S/C21H27N5O5/c1-4-31-13-5-12-22-20(27)18-14-16(8-11-19(18)25(2)3)24-21(28)23-15-6-9-17(10-7-15)26(29)30/h6-11,14H,4-5,12-13H2,1-3H3,(H,22,27)(H2,23,24,28). The number of carbonyl (C=O) groups is 2. The molecule has 0 aliphatic heterocycles. The minimum absolute atomic E-state index is 0.0675. The number of nitro groups is 1. The van der Waals surface area contributed by atoms with Crippen LogP contribution in [-0.2, 0) is 4.74 Å². The molecule has 31 heavy (non-hydrogen) atoms. The van der Waals surface area contributed by atoms with Gasteiger partial charge in [0.2, 0.25) is 0 Å². The van der Waals surface area contributed by atoms with Crippen LogP contribution in [0.1, 0.15) is 23.7 Å². The van der Waals surface area contributed by atoms with Gasteiger partial charge in [-0.1, -0.05) is 0 Å². The van der Waals surface area contributed by atoms with Gasteiger partial charge in [-0.2, -0.15) is 0 Å². The van der Waals surface area contributed by atoms with E-state index in [1.54, 1.807) is 18.2 Å². The SMILES string of the molecule is CCOCCCNC(=O)c1cc(NC(=O)Nc2ccc([N+](=O)[O-])cc2)ccc1N(C)C. The van der Waals surface area contributed by atoms with Crippen molar-refractivity contribution in [1.29, 1.82) is 0 Å². The van der Waals surface area contributed by atoms with E-state index in [2.05, 4.69) is 16.0 Å². The summed E-state index contributed by atoms with van der Waals surface area (Å²) < 4.78 is 5.27. The lowest BCUT2D eigenvalue weighted by atomic mass is 10.1. The van der Waals surface area contributed by atoms with Crippen LogP contribution in [0.5, 0.6) is 0 Å². The third-order valence-corrected chi connectivity index (χ3v) is 4.27. The Morgan fingerprint density at radius 2 is 1.71 bits per heavy atom. The minimum Gasteiger partial charge on any atom is -0.382 e. The summed E-state index contributed by atoms with van der Waals surface area (Å²) in [4.78, 5) is 37.0. The van der Waals surface area contributed by atoms with Crippen LogP contribution >= 0.6 is 0 Å². The van der Waals surface area contributed by atoms with Gasteiger partial charge in [0.1, 0.15) is 0 Å². The molecule has 0 spiro atoms. The highest BCUT2D eigenvalue weighted by Crippen LogP contribution is 2.23. The van der Waals surface area contributed by atoms with Crippen LogP contribution in [0.2, 0.25) is 0 Å². The summed E-state index contributed by atoms with van der Waals surface area (Å²) in [6.45, 7) is 3.60. The number of carbonyl (C=O) groups excluding carboxylic acids is 2. The number of ether oxygens (including phenoxy) is 1. The average Bonchev–Trinajstić information content (AvgIpc) is 2.73. The highest BCUT2D eigenvalue weighted by atomic mass is 16.6. The van der Waals surface area contributed by atoms with E-state index in [4.69, 9.17) is 4.74 Å². The zero-order valence-corrected chi connectivity index (χ0v) is 17.8. The maximum absolute atomic E-state index is 12.7. The molecule has 0 unspecified atom stereocenters. The number of benzene rings is 2. The summed E-state index contributed by atoms with van der Waals surface area (Å²) in [5.41, 5.74) is 1.91.